The third-order valence-electron chi connectivity index (χ3n) is 4.18. The zero-order chi connectivity index (χ0) is 20.3. The number of ether oxygens (including phenoxy) is 3. The van der Waals surface area contributed by atoms with Crippen LogP contribution in [-0.2, 0) is 4.74 Å². The van der Waals surface area contributed by atoms with Gasteiger partial charge in [-0.3, -0.25) is 4.79 Å². The molecule has 2 aromatic carbocycles. The Kier molecular flexibility index (Phi) is 5.77. The Hall–Kier alpha value is -2.76. The predicted molar refractivity (Wildman–Crippen MR) is 109 cm³/mol. The molecule has 0 aromatic heterocycles. The molecule has 1 aliphatic heterocycles. The van der Waals surface area contributed by atoms with Gasteiger partial charge in [-0.25, -0.2) is 0 Å². The number of rotatable bonds is 6. The summed E-state index contributed by atoms with van der Waals surface area (Å²) in [6.45, 7) is 3.73. The maximum atomic E-state index is 12.9. The molecule has 28 heavy (non-hydrogen) atoms. The summed E-state index contributed by atoms with van der Waals surface area (Å²) in [7, 11) is 1.50. The lowest BCUT2D eigenvalue weighted by molar-refractivity contribution is 0.0502. The molecule has 1 N–H and O–H groups in total. The van der Waals surface area contributed by atoms with E-state index in [0.717, 1.165) is 0 Å². The Morgan fingerprint density at radius 1 is 1.32 bits per heavy atom. The number of allylic oxidation sites excluding steroid dienone is 1. The maximum Gasteiger partial charge on any atom is 0.193 e. The van der Waals surface area contributed by atoms with Gasteiger partial charge in [-0.05, 0) is 49.8 Å². The maximum absolute atomic E-state index is 12.9. The lowest BCUT2D eigenvalue weighted by atomic mass is 9.96. The molecule has 0 amide bonds. The van der Waals surface area contributed by atoms with E-state index in [1.165, 1.54) is 19.3 Å². The zero-order valence-electron chi connectivity index (χ0n) is 15.9. The summed E-state index contributed by atoms with van der Waals surface area (Å²) in [6.07, 6.45) is 6.65. The van der Waals surface area contributed by atoms with E-state index < -0.39 is 11.4 Å². The van der Waals surface area contributed by atoms with Crippen molar-refractivity contribution >= 4 is 29.5 Å². The van der Waals surface area contributed by atoms with Crippen molar-refractivity contribution in [2.45, 2.75) is 19.4 Å². The molecule has 0 bridgehead atoms. The summed E-state index contributed by atoms with van der Waals surface area (Å²) in [5.41, 5.74) is 0.706. The standard InChI is InChI=1S/C22H21ClO5/c1-22(2)11-10-15-19(27-13-26-3)12-18(25)20(21(15)28-22)17(24)9-8-14-6-4-5-7-16(14)23/h4-12,25H,13H2,1-3H3/b9-8+. The summed E-state index contributed by atoms with van der Waals surface area (Å²) in [4.78, 5) is 12.9. The van der Waals surface area contributed by atoms with E-state index >= 15 is 0 Å². The normalized spacial score (nSPS) is 14.6. The third-order valence-corrected chi connectivity index (χ3v) is 4.52. The first-order valence-electron chi connectivity index (χ1n) is 8.69. The lowest BCUT2D eigenvalue weighted by Gasteiger charge is -2.30. The SMILES string of the molecule is COCOc1cc(O)c(C(=O)/C=C/c2ccccc2Cl)c2c1C=CC(C)(C)O2. The van der Waals surface area contributed by atoms with E-state index in [-0.39, 0.29) is 23.9 Å². The molecule has 1 aliphatic rings. The molecular weight excluding hydrogens is 380 g/mol. The predicted octanol–water partition coefficient (Wildman–Crippen LogP) is 5.11. The first-order chi connectivity index (χ1) is 13.3. The van der Waals surface area contributed by atoms with Gasteiger partial charge in [-0.15, -0.1) is 0 Å². The highest BCUT2D eigenvalue weighted by atomic mass is 35.5. The fourth-order valence-corrected chi connectivity index (χ4v) is 3.02. The van der Waals surface area contributed by atoms with Crippen LogP contribution in [0, 0.1) is 0 Å². The van der Waals surface area contributed by atoms with Gasteiger partial charge in [0.1, 0.15) is 28.4 Å². The van der Waals surface area contributed by atoms with Crippen LogP contribution in [0.3, 0.4) is 0 Å². The monoisotopic (exact) mass is 400 g/mol. The van der Waals surface area contributed by atoms with Gasteiger partial charge in [0, 0.05) is 18.2 Å². The summed E-state index contributed by atoms with van der Waals surface area (Å²) < 4.78 is 16.5. The summed E-state index contributed by atoms with van der Waals surface area (Å²) >= 11 is 6.13. The van der Waals surface area contributed by atoms with Crippen molar-refractivity contribution in [3.05, 3.63) is 64.2 Å². The molecule has 0 unspecified atom stereocenters. The van der Waals surface area contributed by atoms with Crippen LogP contribution in [0.2, 0.25) is 5.02 Å². The number of aromatic hydroxyl groups is 1. The van der Waals surface area contributed by atoms with Gasteiger partial charge in [0.2, 0.25) is 0 Å². The van der Waals surface area contributed by atoms with E-state index in [2.05, 4.69) is 0 Å². The van der Waals surface area contributed by atoms with E-state index in [4.69, 9.17) is 25.8 Å². The molecule has 0 aliphatic carbocycles. The topological polar surface area (TPSA) is 65.0 Å². The first kappa shape index (κ1) is 20.0. The number of phenolic OH excluding ortho intramolecular Hbond substituents is 1. The molecule has 3 rings (SSSR count). The molecule has 0 radical (unpaired) electrons. The van der Waals surface area contributed by atoms with E-state index in [1.807, 2.05) is 38.1 Å². The lowest BCUT2D eigenvalue weighted by Crippen LogP contribution is -2.28. The van der Waals surface area contributed by atoms with Gasteiger partial charge < -0.3 is 19.3 Å². The van der Waals surface area contributed by atoms with Crippen LogP contribution in [0.1, 0.15) is 35.3 Å². The minimum atomic E-state index is -0.638. The average molecular weight is 401 g/mol. The third kappa shape index (κ3) is 4.21. The van der Waals surface area contributed by atoms with Crippen LogP contribution < -0.4 is 9.47 Å². The average Bonchev–Trinajstić information content (AvgIpc) is 2.64. The Morgan fingerprint density at radius 3 is 2.79 bits per heavy atom. The zero-order valence-corrected chi connectivity index (χ0v) is 16.6. The summed E-state index contributed by atoms with van der Waals surface area (Å²) in [5, 5.41) is 11.1. The summed E-state index contributed by atoms with van der Waals surface area (Å²) in [5.74, 6) is 0.00275. The quantitative estimate of drug-likeness (QED) is 0.414. The number of fused-ring (bicyclic) bond motifs is 1. The number of halogens is 1. The number of methoxy groups -OCH3 is 1. The molecule has 5 nitrogen and oxygen atoms in total. The van der Waals surface area contributed by atoms with Gasteiger partial charge in [-0.1, -0.05) is 29.8 Å². The number of ketones is 1. The second-order valence-corrected chi connectivity index (χ2v) is 7.23. The molecular formula is C22H21ClO5. The Bertz CT molecular complexity index is 960. The van der Waals surface area contributed by atoms with Crippen molar-refractivity contribution in [1.29, 1.82) is 0 Å². The first-order valence-corrected chi connectivity index (χ1v) is 9.07. The Morgan fingerprint density at radius 2 is 2.07 bits per heavy atom. The van der Waals surface area contributed by atoms with Crippen molar-refractivity contribution in [1.82, 2.24) is 0 Å². The molecule has 1 heterocycles. The van der Waals surface area contributed by atoms with Gasteiger partial charge in [0.05, 0.1) is 5.56 Å². The number of carbonyl (C=O) groups excluding carboxylic acids is 1. The van der Waals surface area contributed by atoms with E-state index in [1.54, 1.807) is 18.2 Å². The van der Waals surface area contributed by atoms with Gasteiger partial charge >= 0.3 is 0 Å². The molecule has 0 saturated carbocycles. The second-order valence-electron chi connectivity index (χ2n) is 6.82. The molecule has 0 fully saturated rings. The highest BCUT2D eigenvalue weighted by Crippen LogP contribution is 2.44. The number of phenols is 1. The molecule has 0 atom stereocenters. The minimum absolute atomic E-state index is 0.00279. The smallest absolute Gasteiger partial charge is 0.193 e. The number of benzene rings is 2. The molecule has 0 spiro atoms. The van der Waals surface area contributed by atoms with Crippen molar-refractivity contribution < 1.29 is 24.1 Å². The number of carbonyl (C=O) groups is 1. The molecule has 146 valence electrons. The van der Waals surface area contributed by atoms with E-state index in [0.29, 0.717) is 21.9 Å². The van der Waals surface area contributed by atoms with Crippen LogP contribution in [0.15, 0.2) is 42.5 Å². The molecule has 0 saturated heterocycles. The van der Waals surface area contributed by atoms with Crippen LogP contribution >= 0.6 is 11.6 Å². The fourth-order valence-electron chi connectivity index (χ4n) is 2.82. The van der Waals surface area contributed by atoms with Gasteiger partial charge in [0.15, 0.2) is 12.6 Å². The highest BCUT2D eigenvalue weighted by Gasteiger charge is 2.30. The van der Waals surface area contributed by atoms with Crippen molar-refractivity contribution in [2.24, 2.45) is 0 Å². The second kappa shape index (κ2) is 8.09. The van der Waals surface area contributed by atoms with Gasteiger partial charge in [-0.2, -0.15) is 0 Å². The van der Waals surface area contributed by atoms with Crippen LogP contribution in [0.4, 0.5) is 0 Å². The van der Waals surface area contributed by atoms with Gasteiger partial charge in [0.25, 0.3) is 0 Å². The van der Waals surface area contributed by atoms with Crippen molar-refractivity contribution in [3.63, 3.8) is 0 Å². The number of hydrogen-bond acceptors (Lipinski definition) is 5. The van der Waals surface area contributed by atoms with Crippen molar-refractivity contribution in [3.8, 4) is 17.2 Å². The van der Waals surface area contributed by atoms with Crippen LogP contribution in [0.5, 0.6) is 17.2 Å². The van der Waals surface area contributed by atoms with E-state index in [9.17, 15) is 9.90 Å². The fraction of sp³-hybridized carbons (Fsp3) is 0.227. The Labute approximate surface area is 168 Å². The molecule has 2 aromatic rings. The minimum Gasteiger partial charge on any atom is -0.507 e. The molecule has 6 heteroatoms. The Balaban J connectivity index is 2.04. The van der Waals surface area contributed by atoms with Crippen molar-refractivity contribution in [2.75, 3.05) is 13.9 Å². The summed E-state index contributed by atoms with van der Waals surface area (Å²) in [6, 6.07) is 8.56. The van der Waals surface area contributed by atoms with Crippen LogP contribution in [0.25, 0.3) is 12.2 Å². The highest BCUT2D eigenvalue weighted by molar-refractivity contribution is 6.32. The number of hydrogen-bond donors (Lipinski definition) is 1. The largest absolute Gasteiger partial charge is 0.507 e. The van der Waals surface area contributed by atoms with Crippen LogP contribution in [-0.4, -0.2) is 30.4 Å².